The summed E-state index contributed by atoms with van der Waals surface area (Å²) in [7, 11) is 0. The molecule has 7 heteroatoms. The average molecular weight is 407 g/mol. The number of benzene rings is 1. The predicted molar refractivity (Wildman–Crippen MR) is 99.3 cm³/mol. The second-order valence-corrected chi connectivity index (χ2v) is 8.34. The molecule has 0 saturated carbocycles. The molecule has 0 bridgehead atoms. The van der Waals surface area contributed by atoms with E-state index in [0.717, 1.165) is 40.5 Å². The number of thiazole rings is 1. The zero-order valence-corrected chi connectivity index (χ0v) is 16.0. The molecule has 1 saturated heterocycles. The quantitative estimate of drug-likeness (QED) is 0.662. The Morgan fingerprint density at radius 3 is 2.79 bits per heavy atom. The first kappa shape index (κ1) is 16.2. The molecular weight excluding hydrogens is 388 g/mol. The van der Waals surface area contributed by atoms with Crippen molar-refractivity contribution in [3.63, 3.8) is 0 Å². The van der Waals surface area contributed by atoms with Gasteiger partial charge in [0.1, 0.15) is 0 Å². The van der Waals surface area contributed by atoms with E-state index in [1.807, 2.05) is 12.1 Å². The molecular formula is C17H19BrN4OS. The number of ether oxygens (including phenoxy) is 1. The number of fused-ring (bicyclic) bond motifs is 1. The van der Waals surface area contributed by atoms with Gasteiger partial charge >= 0.3 is 0 Å². The minimum Gasteiger partial charge on any atom is -0.373 e. The van der Waals surface area contributed by atoms with E-state index < -0.39 is 0 Å². The molecule has 0 unspecified atom stereocenters. The van der Waals surface area contributed by atoms with Gasteiger partial charge in [0.2, 0.25) is 4.96 Å². The summed E-state index contributed by atoms with van der Waals surface area (Å²) in [5.74, 6) is 0.887. The maximum atomic E-state index is 5.82. The number of morpholine rings is 1. The smallest absolute Gasteiger partial charge is 0.216 e. The molecule has 3 heterocycles. The number of hydrogen-bond donors (Lipinski definition) is 0. The Balaban J connectivity index is 1.60. The zero-order valence-electron chi connectivity index (χ0n) is 13.6. The van der Waals surface area contributed by atoms with Gasteiger partial charge in [-0.2, -0.15) is 0 Å². The SMILES string of the molecule is C[C@H]1CN(Cc2cn3c(-c4cccc(Br)c4)nnc3s2)C[C@H](C)O1. The molecule has 126 valence electrons. The molecule has 1 fully saturated rings. The molecule has 2 atom stereocenters. The normalized spacial score (nSPS) is 22.3. The fourth-order valence-corrected chi connectivity index (χ4v) is 4.64. The summed E-state index contributed by atoms with van der Waals surface area (Å²) in [6.07, 6.45) is 2.74. The van der Waals surface area contributed by atoms with Crippen molar-refractivity contribution in [3.8, 4) is 11.4 Å². The zero-order chi connectivity index (χ0) is 16.7. The van der Waals surface area contributed by atoms with Crippen molar-refractivity contribution >= 4 is 32.2 Å². The summed E-state index contributed by atoms with van der Waals surface area (Å²) in [5, 5.41) is 8.69. The fourth-order valence-electron chi connectivity index (χ4n) is 3.28. The number of aromatic nitrogens is 3. The van der Waals surface area contributed by atoms with Gasteiger partial charge in [-0.25, -0.2) is 0 Å². The van der Waals surface area contributed by atoms with Gasteiger partial charge in [-0.05, 0) is 26.0 Å². The van der Waals surface area contributed by atoms with Crippen molar-refractivity contribution in [2.24, 2.45) is 0 Å². The molecule has 2 aromatic heterocycles. The van der Waals surface area contributed by atoms with E-state index in [0.29, 0.717) is 0 Å². The first-order chi connectivity index (χ1) is 11.6. The van der Waals surface area contributed by atoms with Crippen LogP contribution in [0, 0.1) is 0 Å². The van der Waals surface area contributed by atoms with E-state index in [-0.39, 0.29) is 12.2 Å². The van der Waals surface area contributed by atoms with Crippen LogP contribution in [0.5, 0.6) is 0 Å². The summed E-state index contributed by atoms with van der Waals surface area (Å²) in [4.78, 5) is 4.70. The maximum absolute atomic E-state index is 5.82. The molecule has 1 aromatic carbocycles. The van der Waals surface area contributed by atoms with Crippen molar-refractivity contribution in [1.82, 2.24) is 19.5 Å². The molecule has 0 amide bonds. The lowest BCUT2D eigenvalue weighted by atomic mass is 10.2. The Morgan fingerprint density at radius 2 is 2.04 bits per heavy atom. The Bertz CT molecular complexity index is 851. The van der Waals surface area contributed by atoms with Crippen LogP contribution < -0.4 is 0 Å². The van der Waals surface area contributed by atoms with Crippen LogP contribution in [-0.2, 0) is 11.3 Å². The Kier molecular flexibility index (Phi) is 4.42. The van der Waals surface area contributed by atoms with Gasteiger partial charge in [-0.3, -0.25) is 9.30 Å². The van der Waals surface area contributed by atoms with E-state index in [9.17, 15) is 0 Å². The Hall–Kier alpha value is -1.28. The maximum Gasteiger partial charge on any atom is 0.216 e. The first-order valence-electron chi connectivity index (χ1n) is 8.05. The van der Waals surface area contributed by atoms with Gasteiger partial charge in [-0.15, -0.1) is 10.2 Å². The monoisotopic (exact) mass is 406 g/mol. The van der Waals surface area contributed by atoms with Crippen molar-refractivity contribution in [2.75, 3.05) is 13.1 Å². The second kappa shape index (κ2) is 6.55. The van der Waals surface area contributed by atoms with Crippen LogP contribution in [0.2, 0.25) is 0 Å². The lowest BCUT2D eigenvalue weighted by molar-refractivity contribution is -0.0702. The third-order valence-corrected chi connectivity index (χ3v) is 5.57. The van der Waals surface area contributed by atoms with Crippen molar-refractivity contribution in [3.05, 3.63) is 39.8 Å². The second-order valence-electron chi connectivity index (χ2n) is 6.34. The van der Waals surface area contributed by atoms with Crippen molar-refractivity contribution in [2.45, 2.75) is 32.6 Å². The summed E-state index contributed by atoms with van der Waals surface area (Å²) in [5.41, 5.74) is 1.06. The topological polar surface area (TPSA) is 42.7 Å². The van der Waals surface area contributed by atoms with Gasteiger partial charge in [-0.1, -0.05) is 39.4 Å². The van der Waals surface area contributed by atoms with Crippen molar-refractivity contribution < 1.29 is 4.74 Å². The van der Waals surface area contributed by atoms with E-state index in [2.05, 4.69) is 67.6 Å². The standard InChI is InChI=1S/C17H19BrN4OS/c1-11-7-21(8-12(2)23-11)9-15-10-22-16(19-20-17(22)24-15)13-4-3-5-14(18)6-13/h3-6,10-12H,7-9H2,1-2H3/t11-,12-/m0/s1. The van der Waals surface area contributed by atoms with Gasteiger partial charge in [0.25, 0.3) is 0 Å². The Labute approximate surface area is 153 Å². The summed E-state index contributed by atoms with van der Waals surface area (Å²) in [6, 6.07) is 8.16. The first-order valence-corrected chi connectivity index (χ1v) is 9.66. The predicted octanol–water partition coefficient (Wildman–Crippen LogP) is 3.83. The van der Waals surface area contributed by atoms with Crippen LogP contribution in [0.15, 0.2) is 34.9 Å². The summed E-state index contributed by atoms with van der Waals surface area (Å²) >= 11 is 5.23. The molecule has 1 aliphatic rings. The molecule has 0 aliphatic carbocycles. The lowest BCUT2D eigenvalue weighted by Gasteiger charge is -2.34. The third kappa shape index (κ3) is 3.26. The molecule has 3 aromatic rings. The molecule has 4 rings (SSSR count). The fraction of sp³-hybridized carbons (Fsp3) is 0.412. The highest BCUT2D eigenvalue weighted by atomic mass is 79.9. The largest absolute Gasteiger partial charge is 0.373 e. The van der Waals surface area contributed by atoms with Crippen LogP contribution in [0.1, 0.15) is 18.7 Å². The van der Waals surface area contributed by atoms with E-state index >= 15 is 0 Å². The highest BCUT2D eigenvalue weighted by molar-refractivity contribution is 9.10. The van der Waals surface area contributed by atoms with Crippen LogP contribution in [0.4, 0.5) is 0 Å². The number of nitrogens with zero attached hydrogens (tertiary/aromatic N) is 4. The van der Waals surface area contributed by atoms with Gasteiger partial charge in [0, 0.05) is 40.7 Å². The third-order valence-electron chi connectivity index (χ3n) is 4.12. The summed E-state index contributed by atoms with van der Waals surface area (Å²) < 4.78 is 8.95. The highest BCUT2D eigenvalue weighted by Crippen LogP contribution is 2.27. The minimum absolute atomic E-state index is 0.289. The van der Waals surface area contributed by atoms with Crippen molar-refractivity contribution in [1.29, 1.82) is 0 Å². The average Bonchev–Trinajstić information content (AvgIpc) is 3.05. The van der Waals surface area contributed by atoms with E-state index in [4.69, 9.17) is 4.74 Å². The highest BCUT2D eigenvalue weighted by Gasteiger charge is 2.23. The minimum atomic E-state index is 0.289. The van der Waals surface area contributed by atoms with E-state index in [1.165, 1.54) is 4.88 Å². The number of hydrogen-bond acceptors (Lipinski definition) is 5. The van der Waals surface area contributed by atoms with Gasteiger partial charge in [0.05, 0.1) is 12.2 Å². The van der Waals surface area contributed by atoms with E-state index in [1.54, 1.807) is 11.3 Å². The molecule has 0 radical (unpaired) electrons. The number of rotatable bonds is 3. The van der Waals surface area contributed by atoms with Gasteiger partial charge in [0.15, 0.2) is 5.82 Å². The molecule has 0 N–H and O–H groups in total. The van der Waals surface area contributed by atoms with Gasteiger partial charge < -0.3 is 4.74 Å². The molecule has 0 spiro atoms. The Morgan fingerprint density at radius 1 is 1.25 bits per heavy atom. The lowest BCUT2D eigenvalue weighted by Crippen LogP contribution is -2.44. The van der Waals surface area contributed by atoms with Crippen LogP contribution in [0.3, 0.4) is 0 Å². The van der Waals surface area contributed by atoms with Crippen LogP contribution >= 0.6 is 27.3 Å². The number of halogens is 1. The summed E-state index contributed by atoms with van der Waals surface area (Å²) in [6.45, 7) is 7.16. The molecule has 1 aliphatic heterocycles. The van der Waals surface area contributed by atoms with Crippen LogP contribution in [0.25, 0.3) is 16.3 Å². The molecule has 24 heavy (non-hydrogen) atoms. The van der Waals surface area contributed by atoms with Crippen LogP contribution in [-0.4, -0.2) is 44.8 Å². The molecule has 5 nitrogen and oxygen atoms in total.